The van der Waals surface area contributed by atoms with E-state index in [1.807, 2.05) is 28.5 Å². The van der Waals surface area contributed by atoms with Crippen molar-refractivity contribution in [2.45, 2.75) is 20.3 Å². The van der Waals surface area contributed by atoms with Gasteiger partial charge >= 0.3 is 0 Å². The number of nitrogens with zero attached hydrogens (tertiary/aromatic N) is 4. The number of hydrogen-bond donors (Lipinski definition) is 0. The van der Waals surface area contributed by atoms with Crippen molar-refractivity contribution in [3.63, 3.8) is 0 Å². The van der Waals surface area contributed by atoms with Gasteiger partial charge < -0.3 is 4.90 Å². The lowest BCUT2D eigenvalue weighted by molar-refractivity contribution is -0.132. The first kappa shape index (κ1) is 17.0. The van der Waals surface area contributed by atoms with Crippen molar-refractivity contribution in [1.82, 2.24) is 19.8 Å². The highest BCUT2D eigenvalue weighted by Crippen LogP contribution is 2.22. The summed E-state index contributed by atoms with van der Waals surface area (Å²) in [6.07, 6.45) is 2.14. The fourth-order valence-corrected chi connectivity index (χ4v) is 3.75. The minimum absolute atomic E-state index is 0.178. The molecule has 0 aliphatic carbocycles. The Hall–Kier alpha value is -1.79. The Morgan fingerprint density at radius 2 is 2.04 bits per heavy atom. The minimum atomic E-state index is 0.178. The Morgan fingerprint density at radius 1 is 1.25 bits per heavy atom. The van der Waals surface area contributed by atoms with Gasteiger partial charge in [0.25, 0.3) is 0 Å². The molecule has 1 fully saturated rings. The molecule has 0 N–H and O–H groups in total. The summed E-state index contributed by atoms with van der Waals surface area (Å²) in [5, 5.41) is 2.84. The third kappa shape index (κ3) is 4.39. The van der Waals surface area contributed by atoms with E-state index in [0.29, 0.717) is 12.3 Å². The van der Waals surface area contributed by atoms with E-state index in [4.69, 9.17) is 0 Å². The predicted octanol–water partition coefficient (Wildman–Crippen LogP) is 2.55. The summed E-state index contributed by atoms with van der Waals surface area (Å²) in [6, 6.07) is 5.78. The maximum absolute atomic E-state index is 12.5. The number of pyridine rings is 1. The first-order valence-electron chi connectivity index (χ1n) is 8.48. The van der Waals surface area contributed by atoms with Crippen molar-refractivity contribution in [1.29, 1.82) is 0 Å². The molecule has 0 bridgehead atoms. The minimum Gasteiger partial charge on any atom is -0.340 e. The third-order valence-electron chi connectivity index (χ3n) is 4.12. The highest BCUT2D eigenvalue weighted by molar-refractivity contribution is 7.13. The number of thiazole rings is 1. The van der Waals surface area contributed by atoms with Gasteiger partial charge in [-0.3, -0.25) is 14.7 Å². The molecule has 2 aromatic rings. The first-order chi connectivity index (χ1) is 11.6. The summed E-state index contributed by atoms with van der Waals surface area (Å²) >= 11 is 1.55. The zero-order valence-electron chi connectivity index (χ0n) is 14.3. The molecule has 1 saturated heterocycles. The maximum Gasteiger partial charge on any atom is 0.228 e. The van der Waals surface area contributed by atoms with Gasteiger partial charge in [0, 0.05) is 44.3 Å². The molecular weight excluding hydrogens is 320 g/mol. The fourth-order valence-electron chi connectivity index (χ4n) is 2.96. The molecule has 3 heterocycles. The van der Waals surface area contributed by atoms with Crippen LogP contribution in [0.2, 0.25) is 0 Å². The normalized spacial score (nSPS) is 15.9. The third-order valence-corrected chi connectivity index (χ3v) is 5.03. The van der Waals surface area contributed by atoms with E-state index in [1.165, 1.54) is 0 Å². The Balaban J connectivity index is 1.54. The summed E-state index contributed by atoms with van der Waals surface area (Å²) in [5.74, 6) is 0.851. The van der Waals surface area contributed by atoms with Gasteiger partial charge in [0.15, 0.2) is 0 Å². The summed E-state index contributed by atoms with van der Waals surface area (Å²) in [4.78, 5) is 25.8. The van der Waals surface area contributed by atoms with Gasteiger partial charge in [-0.2, -0.15) is 0 Å². The van der Waals surface area contributed by atoms with Crippen LogP contribution in [-0.4, -0.2) is 58.4 Å². The molecule has 0 saturated carbocycles. The fraction of sp³-hybridized carbons (Fsp3) is 0.500. The second-order valence-electron chi connectivity index (χ2n) is 6.61. The van der Waals surface area contributed by atoms with Crippen molar-refractivity contribution in [3.05, 3.63) is 35.5 Å². The van der Waals surface area contributed by atoms with Crippen molar-refractivity contribution in [3.8, 4) is 10.7 Å². The monoisotopic (exact) mass is 344 g/mol. The van der Waals surface area contributed by atoms with E-state index in [0.717, 1.165) is 49.1 Å². The number of aromatic nitrogens is 2. The van der Waals surface area contributed by atoms with E-state index < -0.39 is 0 Å². The number of carbonyl (C=O) groups excluding carboxylic acids is 1. The van der Waals surface area contributed by atoms with Crippen LogP contribution in [0.1, 0.15) is 19.5 Å². The molecule has 1 aliphatic rings. The van der Waals surface area contributed by atoms with Crippen LogP contribution in [0.25, 0.3) is 10.7 Å². The average molecular weight is 344 g/mol. The van der Waals surface area contributed by atoms with E-state index >= 15 is 0 Å². The predicted molar refractivity (Wildman–Crippen MR) is 96.9 cm³/mol. The maximum atomic E-state index is 12.5. The lowest BCUT2D eigenvalue weighted by atomic mass is 10.2. The van der Waals surface area contributed by atoms with E-state index in [-0.39, 0.29) is 5.91 Å². The van der Waals surface area contributed by atoms with Crippen LogP contribution in [0.15, 0.2) is 29.8 Å². The standard InChI is InChI=1S/C18H24N4OS/c1-14(2)12-21-7-9-22(10-8-21)17(23)11-15-13-24-18(20-15)16-5-3-4-6-19-16/h3-6,13-14H,7-12H2,1-2H3. The molecule has 1 aliphatic heterocycles. The van der Waals surface area contributed by atoms with Crippen molar-refractivity contribution in [2.75, 3.05) is 32.7 Å². The number of rotatable bonds is 5. The molecule has 24 heavy (non-hydrogen) atoms. The molecule has 5 nitrogen and oxygen atoms in total. The lowest BCUT2D eigenvalue weighted by Gasteiger charge is -2.35. The smallest absolute Gasteiger partial charge is 0.228 e. The molecule has 2 aromatic heterocycles. The largest absolute Gasteiger partial charge is 0.340 e. The molecule has 0 aromatic carbocycles. The molecule has 0 unspecified atom stereocenters. The van der Waals surface area contributed by atoms with Crippen LogP contribution in [-0.2, 0) is 11.2 Å². The van der Waals surface area contributed by atoms with Crippen molar-refractivity contribution < 1.29 is 4.79 Å². The summed E-state index contributed by atoms with van der Waals surface area (Å²) in [5.41, 5.74) is 1.71. The van der Waals surface area contributed by atoms with Gasteiger partial charge in [-0.15, -0.1) is 11.3 Å². The molecule has 128 valence electrons. The van der Waals surface area contributed by atoms with Crippen LogP contribution in [0.5, 0.6) is 0 Å². The number of piperazine rings is 1. The second kappa shape index (κ2) is 7.85. The van der Waals surface area contributed by atoms with Crippen molar-refractivity contribution in [2.24, 2.45) is 5.92 Å². The quantitative estimate of drug-likeness (QED) is 0.836. The topological polar surface area (TPSA) is 49.3 Å². The summed E-state index contributed by atoms with van der Waals surface area (Å²) in [7, 11) is 0. The highest BCUT2D eigenvalue weighted by Gasteiger charge is 2.22. The number of amides is 1. The first-order valence-corrected chi connectivity index (χ1v) is 9.35. The van der Waals surface area contributed by atoms with E-state index in [2.05, 4.69) is 28.7 Å². The molecule has 0 atom stereocenters. The number of carbonyl (C=O) groups is 1. The van der Waals surface area contributed by atoms with Crippen LogP contribution in [0.3, 0.4) is 0 Å². The van der Waals surface area contributed by atoms with Crippen LogP contribution in [0.4, 0.5) is 0 Å². The van der Waals surface area contributed by atoms with Gasteiger partial charge in [0.2, 0.25) is 5.91 Å². The molecule has 0 radical (unpaired) electrons. The Bertz CT molecular complexity index is 663. The van der Waals surface area contributed by atoms with Gasteiger partial charge in [0.1, 0.15) is 5.01 Å². The highest BCUT2D eigenvalue weighted by atomic mass is 32.1. The van der Waals surface area contributed by atoms with Gasteiger partial charge in [-0.25, -0.2) is 4.98 Å². The van der Waals surface area contributed by atoms with Gasteiger partial charge in [-0.05, 0) is 18.1 Å². The Morgan fingerprint density at radius 3 is 2.71 bits per heavy atom. The second-order valence-corrected chi connectivity index (χ2v) is 7.47. The summed E-state index contributed by atoms with van der Waals surface area (Å²) in [6.45, 7) is 9.17. The van der Waals surface area contributed by atoms with Gasteiger partial charge in [0.05, 0.1) is 17.8 Å². The van der Waals surface area contributed by atoms with Gasteiger partial charge in [-0.1, -0.05) is 19.9 Å². The molecular formula is C18H24N4OS. The molecule has 3 rings (SSSR count). The average Bonchev–Trinajstić information content (AvgIpc) is 3.04. The lowest BCUT2D eigenvalue weighted by Crippen LogP contribution is -2.49. The Kier molecular flexibility index (Phi) is 5.58. The van der Waals surface area contributed by atoms with Crippen LogP contribution >= 0.6 is 11.3 Å². The zero-order chi connectivity index (χ0) is 16.9. The van der Waals surface area contributed by atoms with E-state index in [9.17, 15) is 4.79 Å². The molecule has 6 heteroatoms. The van der Waals surface area contributed by atoms with E-state index in [1.54, 1.807) is 17.5 Å². The molecule has 0 spiro atoms. The van der Waals surface area contributed by atoms with Crippen molar-refractivity contribution >= 4 is 17.2 Å². The molecule has 1 amide bonds. The Labute approximate surface area is 147 Å². The SMILES string of the molecule is CC(C)CN1CCN(C(=O)Cc2csc(-c3ccccn3)n2)CC1. The van der Waals surface area contributed by atoms with Crippen LogP contribution in [0, 0.1) is 5.92 Å². The number of hydrogen-bond acceptors (Lipinski definition) is 5. The zero-order valence-corrected chi connectivity index (χ0v) is 15.1. The summed E-state index contributed by atoms with van der Waals surface area (Å²) < 4.78 is 0. The van der Waals surface area contributed by atoms with Crippen LogP contribution < -0.4 is 0 Å².